The number of hydrogen-bond acceptors (Lipinski definition) is 4. The van der Waals surface area contributed by atoms with Gasteiger partial charge in [-0.25, -0.2) is 0 Å². The lowest BCUT2D eigenvalue weighted by Crippen LogP contribution is -2.13. The Balaban J connectivity index is 2.73. The third-order valence-corrected chi connectivity index (χ3v) is 1.77. The van der Waals surface area contributed by atoms with E-state index in [-0.39, 0.29) is 6.04 Å². The molecule has 0 aliphatic rings. The van der Waals surface area contributed by atoms with E-state index >= 15 is 0 Å². The molecule has 0 fully saturated rings. The Morgan fingerprint density at radius 2 is 2.70 bits per heavy atom. The van der Waals surface area contributed by atoms with E-state index in [1.807, 2.05) is 12.4 Å². The Labute approximate surface area is 63.9 Å². The third-order valence-electron chi connectivity index (χ3n) is 1.24. The Bertz CT molecular complexity index is 195. The molecule has 1 heterocycles. The summed E-state index contributed by atoms with van der Waals surface area (Å²) < 4.78 is 3.74. The molecule has 0 radical (unpaired) electrons. The van der Waals surface area contributed by atoms with Crippen molar-refractivity contribution in [3.8, 4) is 0 Å². The van der Waals surface area contributed by atoms with Crippen molar-refractivity contribution in [1.29, 1.82) is 0 Å². The number of nitrogens with zero attached hydrogens (tertiary/aromatic N) is 2. The molecule has 1 aromatic heterocycles. The van der Waals surface area contributed by atoms with Gasteiger partial charge in [0.05, 0.1) is 11.7 Å². The minimum Gasteiger partial charge on any atom is -0.308 e. The molecule has 1 aromatic rings. The zero-order valence-electron chi connectivity index (χ0n) is 5.74. The van der Waals surface area contributed by atoms with Gasteiger partial charge in [0.2, 0.25) is 0 Å². The van der Waals surface area contributed by atoms with Crippen LogP contribution in [0.1, 0.15) is 11.7 Å². The van der Waals surface area contributed by atoms with Crippen LogP contribution in [0.15, 0.2) is 18.0 Å². The Morgan fingerprint density at radius 1 is 1.90 bits per heavy atom. The summed E-state index contributed by atoms with van der Waals surface area (Å²) in [6.07, 6.45) is 1.80. The predicted octanol–water partition coefficient (Wildman–Crippen LogP) is 0.985. The summed E-state index contributed by atoms with van der Waals surface area (Å²) in [6.45, 7) is 3.66. The lowest BCUT2D eigenvalue weighted by atomic mass is 10.2. The summed E-state index contributed by atoms with van der Waals surface area (Å²) >= 11 is 1.35. The topological polar surface area (TPSA) is 37.8 Å². The predicted molar refractivity (Wildman–Crippen MR) is 41.9 cm³/mol. The molecule has 1 atom stereocenters. The zero-order valence-corrected chi connectivity index (χ0v) is 6.56. The molecule has 0 amide bonds. The first kappa shape index (κ1) is 7.37. The van der Waals surface area contributed by atoms with Gasteiger partial charge in [0, 0.05) is 5.38 Å². The molecule has 0 aromatic carbocycles. The molecule has 1 unspecified atom stereocenters. The smallest absolute Gasteiger partial charge is 0.0963 e. The van der Waals surface area contributed by atoms with E-state index < -0.39 is 0 Å². The molecule has 3 nitrogen and oxygen atoms in total. The van der Waals surface area contributed by atoms with Crippen LogP contribution in [-0.4, -0.2) is 16.6 Å². The van der Waals surface area contributed by atoms with Crippen LogP contribution in [-0.2, 0) is 0 Å². The molecule has 0 spiro atoms. The third kappa shape index (κ3) is 1.40. The molecule has 10 heavy (non-hydrogen) atoms. The Kier molecular flexibility index (Phi) is 2.53. The Hall–Kier alpha value is -0.740. The summed E-state index contributed by atoms with van der Waals surface area (Å²) in [5, 5.41) is 8.84. The second-order valence-corrected chi connectivity index (χ2v) is 2.44. The number of rotatable bonds is 3. The number of nitrogens with one attached hydrogen (secondary N) is 1. The number of aromatic nitrogens is 2. The van der Waals surface area contributed by atoms with Crippen LogP contribution in [0.5, 0.6) is 0 Å². The fourth-order valence-corrected chi connectivity index (χ4v) is 1.18. The first-order valence-corrected chi connectivity index (χ1v) is 3.79. The van der Waals surface area contributed by atoms with Gasteiger partial charge in [0.1, 0.15) is 0 Å². The number of hydrogen-bond donors (Lipinski definition) is 1. The highest BCUT2D eigenvalue weighted by Crippen LogP contribution is 2.10. The second-order valence-electron chi connectivity index (χ2n) is 1.83. The standard InChI is InChI=1S/C6H9N3S/c1-3-5(7-2)6-4-10-9-8-6/h3-5,7H,1H2,2H3. The molecule has 4 heteroatoms. The molecule has 54 valence electrons. The first-order chi connectivity index (χ1) is 4.88. The van der Waals surface area contributed by atoms with E-state index in [9.17, 15) is 0 Å². The van der Waals surface area contributed by atoms with Crippen molar-refractivity contribution in [2.75, 3.05) is 7.05 Å². The molecular weight excluding hydrogens is 146 g/mol. The van der Waals surface area contributed by atoms with Gasteiger partial charge in [0.15, 0.2) is 0 Å². The van der Waals surface area contributed by atoms with E-state index in [0.717, 1.165) is 5.69 Å². The second kappa shape index (κ2) is 3.43. The fourth-order valence-electron chi connectivity index (χ4n) is 0.694. The van der Waals surface area contributed by atoms with E-state index in [0.29, 0.717) is 0 Å². The summed E-state index contributed by atoms with van der Waals surface area (Å²) in [7, 11) is 1.87. The minimum atomic E-state index is 0.138. The van der Waals surface area contributed by atoms with Crippen molar-refractivity contribution in [3.05, 3.63) is 23.7 Å². The number of likely N-dealkylation sites (N-methyl/N-ethyl adjacent to an activating group) is 1. The molecule has 0 saturated carbocycles. The molecular formula is C6H9N3S. The summed E-state index contributed by atoms with van der Waals surface area (Å²) in [6, 6.07) is 0.138. The molecule has 1 rings (SSSR count). The average Bonchev–Trinajstić information content (AvgIpc) is 2.43. The van der Waals surface area contributed by atoms with Gasteiger partial charge in [0.25, 0.3) is 0 Å². The van der Waals surface area contributed by atoms with Gasteiger partial charge in [-0.1, -0.05) is 10.6 Å². The molecule has 1 N–H and O–H groups in total. The van der Waals surface area contributed by atoms with Crippen LogP contribution in [0.25, 0.3) is 0 Å². The van der Waals surface area contributed by atoms with Crippen LogP contribution in [0.3, 0.4) is 0 Å². The molecule has 0 aliphatic carbocycles. The highest BCUT2D eigenvalue weighted by Gasteiger charge is 2.05. The quantitative estimate of drug-likeness (QED) is 0.661. The van der Waals surface area contributed by atoms with E-state index in [2.05, 4.69) is 21.5 Å². The van der Waals surface area contributed by atoms with E-state index in [1.54, 1.807) is 6.08 Å². The van der Waals surface area contributed by atoms with Crippen molar-refractivity contribution < 1.29 is 0 Å². The van der Waals surface area contributed by atoms with Crippen LogP contribution in [0, 0.1) is 0 Å². The van der Waals surface area contributed by atoms with Gasteiger partial charge in [-0.2, -0.15) is 0 Å². The van der Waals surface area contributed by atoms with Crippen LogP contribution in [0.4, 0.5) is 0 Å². The van der Waals surface area contributed by atoms with E-state index in [1.165, 1.54) is 11.5 Å². The first-order valence-electron chi connectivity index (χ1n) is 2.95. The normalized spacial score (nSPS) is 12.9. The maximum Gasteiger partial charge on any atom is 0.0963 e. The maximum absolute atomic E-state index is 3.89. The van der Waals surface area contributed by atoms with Crippen molar-refractivity contribution in [2.24, 2.45) is 0 Å². The van der Waals surface area contributed by atoms with E-state index in [4.69, 9.17) is 0 Å². The van der Waals surface area contributed by atoms with Crippen LogP contribution < -0.4 is 5.32 Å². The minimum absolute atomic E-state index is 0.138. The monoisotopic (exact) mass is 155 g/mol. The lowest BCUT2D eigenvalue weighted by molar-refractivity contribution is 0.690. The largest absolute Gasteiger partial charge is 0.308 e. The summed E-state index contributed by atoms with van der Waals surface area (Å²) in [4.78, 5) is 0. The summed E-state index contributed by atoms with van der Waals surface area (Å²) in [5.74, 6) is 0. The van der Waals surface area contributed by atoms with Crippen molar-refractivity contribution in [3.63, 3.8) is 0 Å². The zero-order chi connectivity index (χ0) is 7.40. The van der Waals surface area contributed by atoms with Crippen LogP contribution >= 0.6 is 11.5 Å². The fraction of sp³-hybridized carbons (Fsp3) is 0.333. The SMILES string of the molecule is C=CC(NC)c1csnn1. The van der Waals surface area contributed by atoms with Crippen LogP contribution in [0.2, 0.25) is 0 Å². The van der Waals surface area contributed by atoms with Gasteiger partial charge in [-0.3, -0.25) is 0 Å². The van der Waals surface area contributed by atoms with Crippen molar-refractivity contribution in [2.45, 2.75) is 6.04 Å². The van der Waals surface area contributed by atoms with Gasteiger partial charge in [-0.05, 0) is 18.6 Å². The van der Waals surface area contributed by atoms with Gasteiger partial charge >= 0.3 is 0 Å². The highest BCUT2D eigenvalue weighted by atomic mass is 32.1. The van der Waals surface area contributed by atoms with Gasteiger partial charge in [-0.15, -0.1) is 11.7 Å². The molecule has 0 bridgehead atoms. The Morgan fingerprint density at radius 3 is 3.10 bits per heavy atom. The molecule has 0 aliphatic heterocycles. The van der Waals surface area contributed by atoms with Crippen molar-refractivity contribution >= 4 is 11.5 Å². The maximum atomic E-state index is 3.89. The highest BCUT2D eigenvalue weighted by molar-refractivity contribution is 7.03. The average molecular weight is 155 g/mol. The summed E-state index contributed by atoms with van der Waals surface area (Å²) in [5.41, 5.74) is 0.933. The molecule has 0 saturated heterocycles. The van der Waals surface area contributed by atoms with Gasteiger partial charge < -0.3 is 5.32 Å². The van der Waals surface area contributed by atoms with Crippen molar-refractivity contribution in [1.82, 2.24) is 14.9 Å². The lowest BCUT2D eigenvalue weighted by Gasteiger charge is -2.04.